The number of hydrogen-bond donors (Lipinski definition) is 0. The predicted molar refractivity (Wildman–Crippen MR) is 131 cm³/mol. The molecule has 12 heteroatoms. The van der Waals surface area contributed by atoms with Crippen LogP contribution in [0.2, 0.25) is 0 Å². The average molecular weight is 524 g/mol. The second-order valence-corrected chi connectivity index (χ2v) is 13.1. The van der Waals surface area contributed by atoms with Crippen LogP contribution in [0.15, 0.2) is 52.3 Å². The predicted octanol–water partition coefficient (Wildman–Crippen LogP) is 2.08. The van der Waals surface area contributed by atoms with E-state index in [0.29, 0.717) is 41.7 Å². The Labute approximate surface area is 202 Å². The number of nitrogens with zero attached hydrogens (tertiary/aromatic N) is 3. The van der Waals surface area contributed by atoms with E-state index in [-0.39, 0.29) is 15.4 Å². The van der Waals surface area contributed by atoms with Gasteiger partial charge in [0.1, 0.15) is 5.52 Å². The van der Waals surface area contributed by atoms with Gasteiger partial charge in [-0.15, -0.1) is 0 Å². The highest BCUT2D eigenvalue weighted by atomic mass is 32.2. The summed E-state index contributed by atoms with van der Waals surface area (Å²) in [7, 11) is -7.01. The van der Waals surface area contributed by atoms with E-state index in [1.807, 2.05) is 0 Å². The second-order valence-electron chi connectivity index (χ2n) is 8.08. The number of ether oxygens (including phenoxy) is 1. The smallest absolute Gasteiger partial charge is 0.260 e. The maximum Gasteiger partial charge on any atom is 0.260 e. The van der Waals surface area contributed by atoms with Crippen LogP contribution in [-0.4, -0.2) is 84.5 Å². The van der Waals surface area contributed by atoms with E-state index in [2.05, 4.69) is 9.88 Å². The second kappa shape index (κ2) is 9.70. The van der Waals surface area contributed by atoms with Gasteiger partial charge in [0, 0.05) is 44.3 Å². The lowest BCUT2D eigenvalue weighted by Gasteiger charge is -2.29. The van der Waals surface area contributed by atoms with Gasteiger partial charge < -0.3 is 4.74 Å². The number of hydrogen-bond acceptors (Lipinski definition) is 9. The van der Waals surface area contributed by atoms with Crippen molar-refractivity contribution in [3.8, 4) is 0 Å². The summed E-state index contributed by atoms with van der Waals surface area (Å²) in [5.41, 5.74) is 0.534. The highest BCUT2D eigenvalue weighted by Gasteiger charge is 2.25. The van der Waals surface area contributed by atoms with Crippen molar-refractivity contribution >= 4 is 52.3 Å². The summed E-state index contributed by atoms with van der Waals surface area (Å²) in [6.07, 6.45) is 2.21. The first-order valence-corrected chi connectivity index (χ1v) is 15.2. The minimum absolute atomic E-state index is 0.0511. The molecule has 1 saturated heterocycles. The fraction of sp³-hybridized carbons (Fsp3) is 0.364. The Morgan fingerprint density at radius 3 is 2.44 bits per heavy atom. The number of amides is 1. The third-order valence-corrected chi connectivity index (χ3v) is 8.78. The van der Waals surface area contributed by atoms with Crippen molar-refractivity contribution in [3.05, 3.63) is 48.0 Å². The van der Waals surface area contributed by atoms with Crippen LogP contribution in [0.5, 0.6) is 0 Å². The van der Waals surface area contributed by atoms with Crippen LogP contribution in [0.25, 0.3) is 10.2 Å². The van der Waals surface area contributed by atoms with Crippen LogP contribution < -0.4 is 4.90 Å². The molecule has 0 unspecified atom stereocenters. The maximum atomic E-state index is 13.6. The normalized spacial score (nSPS) is 15.5. The van der Waals surface area contributed by atoms with E-state index in [9.17, 15) is 21.6 Å². The lowest BCUT2D eigenvalue weighted by atomic mass is 10.2. The zero-order valence-electron chi connectivity index (χ0n) is 18.8. The van der Waals surface area contributed by atoms with Gasteiger partial charge >= 0.3 is 0 Å². The zero-order valence-corrected chi connectivity index (χ0v) is 21.2. The molecule has 1 amide bonds. The molecule has 1 aliphatic heterocycles. The molecule has 34 heavy (non-hydrogen) atoms. The lowest BCUT2D eigenvalue weighted by molar-refractivity contribution is 0.0391. The topological polar surface area (TPSA) is 114 Å². The third kappa shape index (κ3) is 5.47. The summed E-state index contributed by atoms with van der Waals surface area (Å²) < 4.78 is 54.6. The van der Waals surface area contributed by atoms with Gasteiger partial charge in [-0.1, -0.05) is 23.5 Å². The molecule has 0 aliphatic carbocycles. The van der Waals surface area contributed by atoms with Gasteiger partial charge in [-0.25, -0.2) is 21.8 Å². The first-order chi connectivity index (χ1) is 16.0. The van der Waals surface area contributed by atoms with Crippen LogP contribution >= 0.6 is 11.3 Å². The summed E-state index contributed by atoms with van der Waals surface area (Å²) >= 11 is 1.22. The van der Waals surface area contributed by atoms with Gasteiger partial charge in [-0.2, -0.15) is 0 Å². The molecular weight excluding hydrogens is 498 g/mol. The van der Waals surface area contributed by atoms with Crippen molar-refractivity contribution in [2.24, 2.45) is 0 Å². The van der Waals surface area contributed by atoms with Crippen LogP contribution in [-0.2, 0) is 24.4 Å². The van der Waals surface area contributed by atoms with E-state index >= 15 is 0 Å². The third-order valence-electron chi connectivity index (χ3n) is 5.50. The molecule has 0 atom stereocenters. The number of carbonyl (C=O) groups excluding carboxylic acids is 1. The molecule has 1 fully saturated rings. The van der Waals surface area contributed by atoms with E-state index in [0.717, 1.165) is 25.6 Å². The van der Waals surface area contributed by atoms with Crippen molar-refractivity contribution in [3.63, 3.8) is 0 Å². The summed E-state index contributed by atoms with van der Waals surface area (Å²) in [5.74, 6) is -0.404. The van der Waals surface area contributed by atoms with Crippen molar-refractivity contribution in [1.82, 2.24) is 9.88 Å². The van der Waals surface area contributed by atoms with Crippen LogP contribution in [0.1, 0.15) is 10.4 Å². The molecule has 4 rings (SSSR count). The van der Waals surface area contributed by atoms with E-state index in [4.69, 9.17) is 4.74 Å². The van der Waals surface area contributed by atoms with Gasteiger partial charge in [0.05, 0.1) is 27.7 Å². The molecule has 1 aromatic heterocycles. The quantitative estimate of drug-likeness (QED) is 0.463. The van der Waals surface area contributed by atoms with E-state index in [1.54, 1.807) is 18.2 Å². The van der Waals surface area contributed by atoms with Crippen LogP contribution in [0.4, 0.5) is 5.13 Å². The molecule has 1 aliphatic rings. The SMILES string of the molecule is CS(=O)(=O)c1cccc(C(=O)N(CCN2CCOCC2)c2nc3c(S(C)(=O)=O)cccc3s2)c1. The molecule has 0 bridgehead atoms. The Morgan fingerprint density at radius 1 is 1.06 bits per heavy atom. The number of fused-ring (bicyclic) bond motifs is 1. The number of para-hydroxylation sites is 1. The molecule has 0 spiro atoms. The Hall–Kier alpha value is -2.38. The molecule has 3 aromatic rings. The Bertz CT molecular complexity index is 1430. The maximum absolute atomic E-state index is 13.6. The number of anilines is 1. The highest BCUT2D eigenvalue weighted by molar-refractivity contribution is 7.91. The van der Waals surface area contributed by atoms with Gasteiger partial charge in [0.15, 0.2) is 24.8 Å². The summed E-state index contributed by atoms with van der Waals surface area (Å²) in [4.78, 5) is 22.0. The van der Waals surface area contributed by atoms with Gasteiger partial charge in [-0.3, -0.25) is 14.6 Å². The minimum atomic E-state index is -3.51. The number of thiazole rings is 1. The molecule has 2 aromatic carbocycles. The molecule has 2 heterocycles. The van der Waals surface area contributed by atoms with Crippen LogP contribution in [0.3, 0.4) is 0 Å². The van der Waals surface area contributed by atoms with Crippen molar-refractivity contribution < 1.29 is 26.4 Å². The first-order valence-electron chi connectivity index (χ1n) is 10.6. The number of sulfone groups is 2. The van der Waals surface area contributed by atoms with Crippen molar-refractivity contribution in [2.75, 3.05) is 56.8 Å². The monoisotopic (exact) mass is 523 g/mol. The molecule has 0 saturated carbocycles. The van der Waals surface area contributed by atoms with Crippen molar-refractivity contribution in [2.45, 2.75) is 9.79 Å². The highest BCUT2D eigenvalue weighted by Crippen LogP contribution is 2.33. The molecule has 9 nitrogen and oxygen atoms in total. The fourth-order valence-corrected chi connectivity index (χ4v) is 6.27. The molecular formula is C22H25N3O6S3. The number of rotatable bonds is 7. The van der Waals surface area contributed by atoms with Gasteiger partial charge in [-0.05, 0) is 30.3 Å². The number of carbonyl (C=O) groups is 1. The summed E-state index contributed by atoms with van der Waals surface area (Å²) in [6, 6.07) is 10.8. The van der Waals surface area contributed by atoms with Gasteiger partial charge in [0.25, 0.3) is 5.91 Å². The van der Waals surface area contributed by atoms with E-state index in [1.165, 1.54) is 40.5 Å². The Balaban J connectivity index is 1.75. The zero-order chi connectivity index (χ0) is 24.5. The summed E-state index contributed by atoms with van der Waals surface area (Å²) in [5, 5.41) is 0.356. The number of benzene rings is 2. The molecule has 182 valence electrons. The first kappa shape index (κ1) is 24.7. The lowest BCUT2D eigenvalue weighted by Crippen LogP contribution is -2.43. The minimum Gasteiger partial charge on any atom is -0.379 e. The van der Waals surface area contributed by atoms with Crippen LogP contribution in [0, 0.1) is 0 Å². The molecule has 0 radical (unpaired) electrons. The fourth-order valence-electron chi connectivity index (χ4n) is 3.69. The van der Waals surface area contributed by atoms with E-state index < -0.39 is 25.6 Å². The number of morpholine rings is 1. The molecule has 0 N–H and O–H groups in total. The number of aromatic nitrogens is 1. The average Bonchev–Trinajstić information content (AvgIpc) is 3.22. The summed E-state index contributed by atoms with van der Waals surface area (Å²) in [6.45, 7) is 3.57. The largest absolute Gasteiger partial charge is 0.379 e. The standard InChI is InChI=1S/C22H25N3O6S3/c1-33(27,28)17-6-3-5-16(15-17)21(26)25(10-9-24-11-13-31-14-12-24)22-23-20-18(32-22)7-4-8-19(20)34(2,29)30/h3-8,15H,9-14H2,1-2H3. The Morgan fingerprint density at radius 2 is 1.76 bits per heavy atom. The Kier molecular flexibility index (Phi) is 7.06. The van der Waals surface area contributed by atoms with Gasteiger partial charge in [0.2, 0.25) is 0 Å². The van der Waals surface area contributed by atoms with Crippen molar-refractivity contribution in [1.29, 1.82) is 0 Å².